The molecule has 8 heteroatoms. The highest BCUT2D eigenvalue weighted by molar-refractivity contribution is 5.72. The number of nitrogens with two attached hydrogens (primary N) is 2. The van der Waals surface area contributed by atoms with Crippen molar-refractivity contribution in [3.63, 3.8) is 0 Å². The number of nitrogen functional groups attached to an aromatic ring is 1. The number of anilines is 1. The normalized spacial score (nSPS) is 17.0. The predicted molar refractivity (Wildman–Crippen MR) is 93.7 cm³/mol. The molecular formula is C16H31N5O3. The first-order valence-corrected chi connectivity index (χ1v) is 8.34. The average molecular weight is 341 g/mol. The van der Waals surface area contributed by atoms with Crippen LogP contribution in [0, 0.1) is 0 Å². The largest absolute Gasteiger partial charge is 0.480 e. The number of carbonyl (C=O) groups is 1. The molecule has 0 aliphatic carbocycles. The molecule has 8 nitrogen and oxygen atoms in total. The number of aliphatic carboxylic acids is 1. The van der Waals surface area contributed by atoms with Crippen LogP contribution in [-0.4, -0.2) is 64.4 Å². The van der Waals surface area contributed by atoms with Crippen molar-refractivity contribution in [2.45, 2.75) is 45.2 Å². The summed E-state index contributed by atoms with van der Waals surface area (Å²) in [6.45, 7) is 11.0. The fourth-order valence-corrected chi connectivity index (χ4v) is 2.49. The molecule has 5 N–H and O–H groups in total. The molecule has 0 aromatic carbocycles. The highest BCUT2D eigenvalue weighted by Gasteiger charge is 2.24. The molecule has 1 aliphatic rings. The van der Waals surface area contributed by atoms with E-state index in [0.29, 0.717) is 12.2 Å². The Balaban J connectivity index is 0.000000307. The summed E-state index contributed by atoms with van der Waals surface area (Å²) in [5.74, 6) is -0.332. The molecule has 0 spiro atoms. The molecule has 2 heterocycles. The van der Waals surface area contributed by atoms with E-state index in [1.54, 1.807) is 6.33 Å². The molecule has 1 atom stereocenters. The number of aromatic nitrogens is 2. The quantitative estimate of drug-likeness (QED) is 0.697. The van der Waals surface area contributed by atoms with Crippen LogP contribution in [0.25, 0.3) is 0 Å². The summed E-state index contributed by atoms with van der Waals surface area (Å²) in [4.78, 5) is 16.5. The summed E-state index contributed by atoms with van der Waals surface area (Å²) in [6, 6.07) is -0.667. The smallest absolute Gasteiger partial charge is 0.320 e. The van der Waals surface area contributed by atoms with Crippen molar-refractivity contribution in [1.82, 2.24) is 14.5 Å². The van der Waals surface area contributed by atoms with E-state index in [2.05, 4.69) is 28.3 Å². The van der Waals surface area contributed by atoms with Gasteiger partial charge in [-0.2, -0.15) is 0 Å². The maximum atomic E-state index is 9.96. The van der Waals surface area contributed by atoms with E-state index in [0.717, 1.165) is 39.3 Å². The molecule has 0 amide bonds. The van der Waals surface area contributed by atoms with Crippen LogP contribution in [-0.2, 0) is 15.1 Å². The number of nitrogens with zero attached hydrogens (tertiary/aromatic N) is 3. The number of carboxylic acid groups (broad SMARTS) is 1. The van der Waals surface area contributed by atoms with E-state index in [4.69, 9.17) is 21.3 Å². The summed E-state index contributed by atoms with van der Waals surface area (Å²) >= 11 is 0. The predicted octanol–water partition coefficient (Wildman–Crippen LogP) is 0.731. The van der Waals surface area contributed by atoms with Crippen LogP contribution in [0.15, 0.2) is 12.5 Å². The first-order valence-electron chi connectivity index (χ1n) is 8.34. The molecular weight excluding hydrogens is 310 g/mol. The fraction of sp³-hybridized carbons (Fsp3) is 0.750. The Morgan fingerprint density at radius 1 is 1.46 bits per heavy atom. The van der Waals surface area contributed by atoms with Gasteiger partial charge in [0, 0.05) is 25.8 Å². The van der Waals surface area contributed by atoms with Gasteiger partial charge in [-0.05, 0) is 20.3 Å². The van der Waals surface area contributed by atoms with Crippen molar-refractivity contribution in [2.75, 3.05) is 38.6 Å². The van der Waals surface area contributed by atoms with Gasteiger partial charge in [-0.15, -0.1) is 0 Å². The fourth-order valence-electron chi connectivity index (χ4n) is 2.49. The average Bonchev–Trinajstić information content (AvgIpc) is 2.96. The van der Waals surface area contributed by atoms with Crippen LogP contribution in [0.1, 0.15) is 33.6 Å². The summed E-state index contributed by atoms with van der Waals surface area (Å²) < 4.78 is 7.42. The molecule has 1 fully saturated rings. The Morgan fingerprint density at radius 3 is 2.50 bits per heavy atom. The topological polar surface area (TPSA) is 120 Å². The lowest BCUT2D eigenvalue weighted by Crippen LogP contribution is -2.45. The third-order valence-corrected chi connectivity index (χ3v) is 3.93. The third kappa shape index (κ3) is 6.86. The molecule has 138 valence electrons. The molecule has 24 heavy (non-hydrogen) atoms. The van der Waals surface area contributed by atoms with Crippen molar-refractivity contribution >= 4 is 11.8 Å². The van der Waals surface area contributed by atoms with Gasteiger partial charge >= 0.3 is 5.97 Å². The van der Waals surface area contributed by atoms with Crippen molar-refractivity contribution in [1.29, 1.82) is 0 Å². The zero-order chi connectivity index (χ0) is 18.2. The first-order chi connectivity index (χ1) is 11.3. The zero-order valence-electron chi connectivity index (χ0n) is 14.9. The minimum Gasteiger partial charge on any atom is -0.480 e. The Morgan fingerprint density at radius 2 is 2.08 bits per heavy atom. The Kier molecular flexibility index (Phi) is 8.17. The van der Waals surface area contributed by atoms with E-state index in [-0.39, 0.29) is 5.54 Å². The minimum atomic E-state index is -0.910. The van der Waals surface area contributed by atoms with Crippen LogP contribution in [0.5, 0.6) is 0 Å². The SMILES string of the molecule is CC(C)(CN1CCOCC1)n1cnc(N)c1.CCCC(N)C(=O)O. The van der Waals surface area contributed by atoms with E-state index < -0.39 is 12.0 Å². The molecule has 2 rings (SSSR count). The summed E-state index contributed by atoms with van der Waals surface area (Å²) in [7, 11) is 0. The van der Waals surface area contributed by atoms with Gasteiger partial charge in [0.25, 0.3) is 0 Å². The van der Waals surface area contributed by atoms with Crippen molar-refractivity contribution in [3.8, 4) is 0 Å². The Hall–Kier alpha value is -1.64. The zero-order valence-corrected chi connectivity index (χ0v) is 14.9. The van der Waals surface area contributed by atoms with Gasteiger partial charge in [-0.3, -0.25) is 9.69 Å². The van der Waals surface area contributed by atoms with E-state index in [1.807, 2.05) is 13.1 Å². The van der Waals surface area contributed by atoms with Gasteiger partial charge in [0.1, 0.15) is 11.9 Å². The lowest BCUT2D eigenvalue weighted by Gasteiger charge is -2.35. The van der Waals surface area contributed by atoms with Gasteiger partial charge < -0.3 is 25.9 Å². The monoisotopic (exact) mass is 341 g/mol. The number of hydrogen-bond acceptors (Lipinski definition) is 6. The van der Waals surface area contributed by atoms with Crippen LogP contribution in [0.2, 0.25) is 0 Å². The highest BCUT2D eigenvalue weighted by atomic mass is 16.5. The number of carboxylic acids is 1. The number of hydrogen-bond donors (Lipinski definition) is 3. The lowest BCUT2D eigenvalue weighted by atomic mass is 10.0. The molecule has 1 saturated heterocycles. The molecule has 1 unspecified atom stereocenters. The Labute approximate surface area is 143 Å². The number of morpholine rings is 1. The standard InChI is InChI=1S/C11H20N4O.C5H11NO2/c1-11(2,15-7-10(12)13-9-15)8-14-3-5-16-6-4-14;1-2-3-4(6)5(7)8/h7,9H,3-6,8,12H2,1-2H3;4H,2-3,6H2,1H3,(H,7,8). The Bertz CT molecular complexity index is 498. The third-order valence-electron chi connectivity index (χ3n) is 3.93. The lowest BCUT2D eigenvalue weighted by molar-refractivity contribution is -0.138. The number of rotatable bonds is 6. The summed E-state index contributed by atoms with van der Waals surface area (Å²) in [5, 5.41) is 8.19. The first kappa shape index (κ1) is 20.4. The van der Waals surface area contributed by atoms with Crippen LogP contribution < -0.4 is 11.5 Å². The summed E-state index contributed by atoms with van der Waals surface area (Å²) in [6.07, 6.45) is 5.08. The molecule has 1 aromatic rings. The molecule has 0 bridgehead atoms. The van der Waals surface area contributed by atoms with Gasteiger partial charge in [0.05, 0.1) is 25.1 Å². The maximum Gasteiger partial charge on any atom is 0.320 e. The van der Waals surface area contributed by atoms with Crippen molar-refractivity contribution in [3.05, 3.63) is 12.5 Å². The van der Waals surface area contributed by atoms with Crippen molar-refractivity contribution in [2.24, 2.45) is 5.73 Å². The molecule has 1 aliphatic heterocycles. The minimum absolute atomic E-state index is 0.0158. The van der Waals surface area contributed by atoms with E-state index in [1.165, 1.54) is 0 Å². The maximum absolute atomic E-state index is 9.96. The van der Waals surface area contributed by atoms with Gasteiger partial charge in [0.2, 0.25) is 0 Å². The van der Waals surface area contributed by atoms with Crippen LogP contribution in [0.3, 0.4) is 0 Å². The second-order valence-electron chi connectivity index (χ2n) is 6.64. The van der Waals surface area contributed by atoms with Crippen LogP contribution in [0.4, 0.5) is 5.82 Å². The van der Waals surface area contributed by atoms with E-state index >= 15 is 0 Å². The molecule has 0 saturated carbocycles. The van der Waals surface area contributed by atoms with Crippen molar-refractivity contribution < 1.29 is 14.6 Å². The molecule has 0 radical (unpaired) electrons. The second kappa shape index (κ2) is 9.61. The summed E-state index contributed by atoms with van der Waals surface area (Å²) in [5.41, 5.74) is 10.8. The number of imidazole rings is 1. The second-order valence-corrected chi connectivity index (χ2v) is 6.64. The van der Waals surface area contributed by atoms with E-state index in [9.17, 15) is 4.79 Å². The van der Waals surface area contributed by atoms with Gasteiger partial charge in [-0.25, -0.2) is 4.98 Å². The van der Waals surface area contributed by atoms with Crippen LogP contribution >= 0.6 is 0 Å². The van der Waals surface area contributed by atoms with Gasteiger partial charge in [0.15, 0.2) is 0 Å². The van der Waals surface area contributed by atoms with Gasteiger partial charge in [-0.1, -0.05) is 13.3 Å². The number of ether oxygens (including phenoxy) is 1. The highest BCUT2D eigenvalue weighted by Crippen LogP contribution is 2.18. The molecule has 1 aromatic heterocycles.